The number of nitrogens with one attached hydrogen (secondary N) is 5. The number of carboxylic acids is 1. The van der Waals surface area contributed by atoms with E-state index in [1.807, 2.05) is 16.1 Å². The number of nitrogens with two attached hydrogens (primary N) is 2. The quantitative estimate of drug-likeness (QED) is 0.0174. The number of carbonyl (C=O) groups is 4. The number of hydrazine groups is 1. The number of nitrogens with zero attached hydrogens (tertiary/aromatic N) is 3. The molecule has 52 heavy (non-hydrogen) atoms. The van der Waals surface area contributed by atoms with Gasteiger partial charge < -0.3 is 40.3 Å². The summed E-state index contributed by atoms with van der Waals surface area (Å²) < 4.78 is 1.93. The molecule has 2 rings (SSSR count). The molecule has 0 spiro atoms. The number of amidine groups is 1. The number of hydrogen-bond donors (Lipinski definition) is 9. The number of benzene rings is 2. The standard InChI is InChI=1S/C35H53IN10O6/c1-5-30(39-3)46(36)18-10-14-27(32(49)44-29(34(51)52)20-23-11-7-6-8-12-23)42-33(50)28(21-24-15-16-25(47)19-22(24)2)43-31(48)26(37)13-9-17-41-35(40-4)45-38/h6-8,11-12,15-16,19,26-29,47H,5,9-10,13-14,17-18,20-21,37-38H2,1-4H3,(H,42,50)(H,43,48)(H,44,49)(H,51,52)(H2,40,41,45)/b39-30-/t26-,27+,28+,29+/m1/s1. The molecule has 2 aromatic carbocycles. The van der Waals surface area contributed by atoms with Crippen molar-refractivity contribution in [3.05, 3.63) is 65.2 Å². The Kier molecular flexibility index (Phi) is 19.4. The molecule has 0 saturated carbocycles. The Morgan fingerprint density at radius 2 is 1.54 bits per heavy atom. The first-order chi connectivity index (χ1) is 24.8. The summed E-state index contributed by atoms with van der Waals surface area (Å²) in [6.07, 6.45) is 2.17. The Morgan fingerprint density at radius 3 is 2.13 bits per heavy atom. The third-order valence-corrected chi connectivity index (χ3v) is 9.34. The molecule has 286 valence electrons. The third-order valence-electron chi connectivity index (χ3n) is 8.30. The van der Waals surface area contributed by atoms with Crippen LogP contribution >= 0.6 is 22.9 Å². The number of aryl methyl sites for hydroxylation is 1. The van der Waals surface area contributed by atoms with Gasteiger partial charge in [-0.1, -0.05) is 43.3 Å². The molecule has 4 atom stereocenters. The van der Waals surface area contributed by atoms with Gasteiger partial charge >= 0.3 is 5.97 Å². The van der Waals surface area contributed by atoms with Crippen LogP contribution in [-0.4, -0.2) is 100 Å². The number of aliphatic carboxylic acids is 1. The second-order valence-electron chi connectivity index (χ2n) is 12.1. The number of carboxylic acid groups (broad SMARTS) is 1. The minimum Gasteiger partial charge on any atom is -0.508 e. The van der Waals surface area contributed by atoms with Gasteiger partial charge in [0, 0.05) is 46.4 Å². The molecule has 0 aliphatic carbocycles. The Morgan fingerprint density at radius 1 is 0.885 bits per heavy atom. The fraction of sp³-hybridized carbons (Fsp3) is 0.486. The van der Waals surface area contributed by atoms with Crippen LogP contribution in [0, 0.1) is 6.92 Å². The number of rotatable bonds is 20. The number of amides is 3. The number of guanidine groups is 1. The van der Waals surface area contributed by atoms with E-state index in [2.05, 4.69) is 59.5 Å². The van der Waals surface area contributed by atoms with Crippen LogP contribution in [0.3, 0.4) is 0 Å². The van der Waals surface area contributed by atoms with E-state index >= 15 is 0 Å². The summed E-state index contributed by atoms with van der Waals surface area (Å²) in [6, 6.07) is 9.09. The summed E-state index contributed by atoms with van der Waals surface area (Å²) in [5, 5.41) is 31.0. The van der Waals surface area contributed by atoms with Crippen LogP contribution in [0.4, 0.5) is 0 Å². The molecule has 0 heterocycles. The van der Waals surface area contributed by atoms with E-state index in [1.54, 1.807) is 57.4 Å². The number of phenolic OH excluding ortho intramolecular Hbond substituents is 1. The van der Waals surface area contributed by atoms with Crippen LogP contribution in [0.5, 0.6) is 5.75 Å². The summed E-state index contributed by atoms with van der Waals surface area (Å²) in [5.74, 6) is 3.54. The van der Waals surface area contributed by atoms with E-state index in [1.165, 1.54) is 6.07 Å². The highest BCUT2D eigenvalue weighted by Gasteiger charge is 2.31. The van der Waals surface area contributed by atoms with E-state index in [9.17, 15) is 29.4 Å². The number of hydrogen-bond acceptors (Lipinski definition) is 9. The average molecular weight is 837 g/mol. The van der Waals surface area contributed by atoms with Gasteiger partial charge in [0.1, 0.15) is 29.7 Å². The van der Waals surface area contributed by atoms with Crippen molar-refractivity contribution in [2.45, 2.75) is 83.0 Å². The lowest BCUT2D eigenvalue weighted by Crippen LogP contribution is -2.58. The maximum atomic E-state index is 14.0. The van der Waals surface area contributed by atoms with Crippen LogP contribution < -0.4 is 38.3 Å². The van der Waals surface area contributed by atoms with Gasteiger partial charge in [0.15, 0.2) is 0 Å². The highest BCUT2D eigenvalue weighted by atomic mass is 127. The summed E-state index contributed by atoms with van der Waals surface area (Å²) in [4.78, 5) is 61.5. The molecule has 0 radical (unpaired) electrons. The van der Waals surface area contributed by atoms with Crippen LogP contribution in [0.15, 0.2) is 58.5 Å². The molecule has 16 nitrogen and oxygen atoms in total. The highest BCUT2D eigenvalue weighted by molar-refractivity contribution is 14.1. The smallest absolute Gasteiger partial charge is 0.326 e. The minimum absolute atomic E-state index is 0.0326. The SMILES string of the molecule is CC/C(=N/C)N(I)CCC[C@H](NC(=O)[C@H](Cc1ccc(O)cc1C)NC(=O)[C@H](N)CCCN/C(=N\C)NN)C(=O)N[C@@H](Cc1ccccc1)C(=O)O. The number of carbonyl (C=O) groups excluding carboxylic acids is 3. The molecular formula is C35H53IN10O6. The molecule has 0 aromatic heterocycles. The van der Waals surface area contributed by atoms with Crippen molar-refractivity contribution in [3.63, 3.8) is 0 Å². The fourth-order valence-corrected chi connectivity index (χ4v) is 6.23. The summed E-state index contributed by atoms with van der Waals surface area (Å²) in [7, 11) is 3.26. The first kappa shape index (κ1) is 43.7. The largest absolute Gasteiger partial charge is 0.508 e. The Hall–Kier alpha value is -4.49. The van der Waals surface area contributed by atoms with Gasteiger partial charge in [-0.2, -0.15) is 0 Å². The first-order valence-electron chi connectivity index (χ1n) is 17.1. The predicted molar refractivity (Wildman–Crippen MR) is 210 cm³/mol. The summed E-state index contributed by atoms with van der Waals surface area (Å²) >= 11 is 2.14. The third kappa shape index (κ3) is 15.0. The monoisotopic (exact) mass is 836 g/mol. The van der Waals surface area contributed by atoms with E-state index < -0.39 is 47.9 Å². The maximum Gasteiger partial charge on any atom is 0.326 e. The van der Waals surface area contributed by atoms with Crippen LogP contribution in [0.1, 0.15) is 55.7 Å². The zero-order chi connectivity index (χ0) is 38.6. The summed E-state index contributed by atoms with van der Waals surface area (Å²) in [6.45, 7) is 4.69. The summed E-state index contributed by atoms with van der Waals surface area (Å²) in [5.41, 5.74) is 10.7. The number of halogens is 1. The van der Waals surface area contributed by atoms with E-state index in [0.29, 0.717) is 49.4 Å². The van der Waals surface area contributed by atoms with Gasteiger partial charge in [0.25, 0.3) is 0 Å². The molecule has 0 aliphatic heterocycles. The first-order valence-corrected chi connectivity index (χ1v) is 18.1. The van der Waals surface area contributed by atoms with Crippen LogP contribution in [-0.2, 0) is 32.0 Å². The zero-order valence-corrected chi connectivity index (χ0v) is 32.4. The predicted octanol–water partition coefficient (Wildman–Crippen LogP) is 1.04. The molecule has 0 unspecified atom stereocenters. The molecular weight excluding hydrogens is 783 g/mol. The molecule has 0 aliphatic rings. The average Bonchev–Trinajstić information content (AvgIpc) is 3.12. The fourth-order valence-electron chi connectivity index (χ4n) is 5.34. The van der Waals surface area contributed by atoms with Crippen molar-refractivity contribution in [1.82, 2.24) is 29.8 Å². The topological polar surface area (TPSA) is 249 Å². The van der Waals surface area contributed by atoms with Crippen molar-refractivity contribution in [3.8, 4) is 5.75 Å². The number of phenols is 1. The van der Waals surface area contributed by atoms with Gasteiger partial charge in [0.2, 0.25) is 23.7 Å². The lowest BCUT2D eigenvalue weighted by atomic mass is 9.99. The molecule has 3 amide bonds. The normalized spacial score (nSPS) is 14.0. The van der Waals surface area contributed by atoms with Crippen molar-refractivity contribution in [1.29, 1.82) is 0 Å². The number of aliphatic imine (C=N–C) groups is 2. The van der Waals surface area contributed by atoms with Crippen molar-refractivity contribution >= 4 is 58.4 Å². The van der Waals surface area contributed by atoms with E-state index in [0.717, 1.165) is 11.4 Å². The second kappa shape index (κ2) is 23.1. The maximum absolute atomic E-state index is 14.0. The lowest BCUT2D eigenvalue weighted by Gasteiger charge is -2.26. The van der Waals surface area contributed by atoms with E-state index in [4.69, 9.17) is 11.6 Å². The van der Waals surface area contributed by atoms with Gasteiger partial charge in [-0.05, 0) is 61.4 Å². The Labute approximate surface area is 319 Å². The Bertz CT molecular complexity index is 1530. The number of aromatic hydroxyl groups is 1. The molecule has 0 fully saturated rings. The highest BCUT2D eigenvalue weighted by Crippen LogP contribution is 2.18. The van der Waals surface area contributed by atoms with Crippen molar-refractivity contribution in [2.75, 3.05) is 27.2 Å². The molecule has 0 bridgehead atoms. The molecule has 2 aromatic rings. The Balaban J connectivity index is 2.32. The second-order valence-corrected chi connectivity index (χ2v) is 13.3. The van der Waals surface area contributed by atoms with Crippen LogP contribution in [0.25, 0.3) is 0 Å². The lowest BCUT2D eigenvalue weighted by molar-refractivity contribution is -0.142. The van der Waals surface area contributed by atoms with Crippen molar-refractivity contribution < 1.29 is 29.4 Å². The van der Waals surface area contributed by atoms with Crippen molar-refractivity contribution in [2.24, 2.45) is 21.6 Å². The van der Waals surface area contributed by atoms with Gasteiger partial charge in [-0.15, -0.1) is 0 Å². The van der Waals surface area contributed by atoms with Crippen LogP contribution in [0.2, 0.25) is 0 Å². The minimum atomic E-state index is -1.25. The molecule has 17 heteroatoms. The van der Waals surface area contributed by atoms with Gasteiger partial charge in [0.05, 0.1) is 28.9 Å². The van der Waals surface area contributed by atoms with Gasteiger partial charge in [-0.3, -0.25) is 29.8 Å². The van der Waals surface area contributed by atoms with E-state index in [-0.39, 0.29) is 31.4 Å². The molecule has 0 saturated heterocycles. The van der Waals surface area contributed by atoms with Gasteiger partial charge in [-0.25, -0.2) is 10.6 Å². The zero-order valence-electron chi connectivity index (χ0n) is 30.2. The molecule has 11 N–H and O–H groups in total.